The van der Waals surface area contributed by atoms with Crippen molar-refractivity contribution in [3.8, 4) is 11.5 Å². The van der Waals surface area contributed by atoms with Crippen molar-refractivity contribution < 1.29 is 14.6 Å². The second-order valence-electron chi connectivity index (χ2n) is 4.19. The first-order valence-corrected chi connectivity index (χ1v) is 5.85. The van der Waals surface area contributed by atoms with Gasteiger partial charge in [-0.3, -0.25) is 4.79 Å². The highest BCUT2D eigenvalue weighted by atomic mass is 16.5. The van der Waals surface area contributed by atoms with Crippen molar-refractivity contribution in [1.82, 2.24) is 0 Å². The van der Waals surface area contributed by atoms with Crippen LogP contribution in [0.15, 0.2) is 42.5 Å². The van der Waals surface area contributed by atoms with Crippen molar-refractivity contribution in [2.75, 3.05) is 12.4 Å². The number of carbonyl (C=O) groups excluding carboxylic acids is 1. The zero-order valence-electron chi connectivity index (χ0n) is 10.8. The fourth-order valence-corrected chi connectivity index (χ4v) is 1.71. The number of aromatic hydroxyl groups is 1. The minimum atomic E-state index is -0.219. The van der Waals surface area contributed by atoms with Crippen LogP contribution < -0.4 is 10.1 Å². The van der Waals surface area contributed by atoms with Crippen LogP contribution in [0.2, 0.25) is 0 Å². The Morgan fingerprint density at radius 3 is 2.47 bits per heavy atom. The second-order valence-corrected chi connectivity index (χ2v) is 4.19. The molecule has 0 fully saturated rings. The smallest absolute Gasteiger partial charge is 0.255 e. The number of anilines is 1. The fraction of sp³-hybridized carbons (Fsp3) is 0.133. The largest absolute Gasteiger partial charge is 0.508 e. The molecule has 4 nitrogen and oxygen atoms in total. The SMILES string of the molecule is COc1cc(C(=O)Nc2ccc(O)cc2)ccc1C. The number of rotatable bonds is 3. The summed E-state index contributed by atoms with van der Waals surface area (Å²) < 4.78 is 5.19. The van der Waals surface area contributed by atoms with E-state index in [9.17, 15) is 9.90 Å². The maximum Gasteiger partial charge on any atom is 0.255 e. The molecule has 2 rings (SSSR count). The van der Waals surface area contributed by atoms with E-state index < -0.39 is 0 Å². The Balaban J connectivity index is 2.18. The first-order valence-electron chi connectivity index (χ1n) is 5.85. The molecular weight excluding hydrogens is 242 g/mol. The lowest BCUT2D eigenvalue weighted by Crippen LogP contribution is -2.12. The van der Waals surface area contributed by atoms with E-state index >= 15 is 0 Å². The molecule has 1 amide bonds. The van der Waals surface area contributed by atoms with Gasteiger partial charge < -0.3 is 15.2 Å². The fourth-order valence-electron chi connectivity index (χ4n) is 1.71. The molecule has 0 bridgehead atoms. The average molecular weight is 257 g/mol. The van der Waals surface area contributed by atoms with Crippen LogP contribution >= 0.6 is 0 Å². The number of nitrogens with one attached hydrogen (secondary N) is 1. The number of methoxy groups -OCH3 is 1. The van der Waals surface area contributed by atoms with E-state index in [0.29, 0.717) is 17.0 Å². The van der Waals surface area contributed by atoms with E-state index in [1.165, 1.54) is 12.1 Å². The van der Waals surface area contributed by atoms with Crippen LogP contribution in [0.4, 0.5) is 5.69 Å². The zero-order chi connectivity index (χ0) is 13.8. The Kier molecular flexibility index (Phi) is 3.71. The van der Waals surface area contributed by atoms with Crippen LogP contribution in [0, 0.1) is 6.92 Å². The number of phenols is 1. The van der Waals surface area contributed by atoms with Crippen LogP contribution in [-0.2, 0) is 0 Å². The lowest BCUT2D eigenvalue weighted by atomic mass is 10.1. The standard InChI is InChI=1S/C15H15NO3/c1-10-3-4-11(9-14(10)19-2)15(18)16-12-5-7-13(17)8-6-12/h3-9,17H,1-2H3,(H,16,18). The van der Waals surface area contributed by atoms with Gasteiger partial charge in [0.25, 0.3) is 5.91 Å². The summed E-state index contributed by atoms with van der Waals surface area (Å²) in [6, 6.07) is 11.6. The molecule has 0 heterocycles. The topological polar surface area (TPSA) is 58.6 Å². The number of hydrogen-bond acceptors (Lipinski definition) is 3. The molecule has 2 aromatic rings. The first kappa shape index (κ1) is 13.0. The average Bonchev–Trinajstić information content (AvgIpc) is 2.42. The van der Waals surface area contributed by atoms with Gasteiger partial charge in [0.15, 0.2) is 0 Å². The Hall–Kier alpha value is -2.49. The Morgan fingerprint density at radius 1 is 1.16 bits per heavy atom. The van der Waals surface area contributed by atoms with Gasteiger partial charge in [-0.2, -0.15) is 0 Å². The number of aryl methyl sites for hydroxylation is 1. The number of benzene rings is 2. The van der Waals surface area contributed by atoms with Gasteiger partial charge in [-0.1, -0.05) is 6.07 Å². The van der Waals surface area contributed by atoms with Crippen molar-refractivity contribution in [2.45, 2.75) is 6.92 Å². The van der Waals surface area contributed by atoms with Crippen molar-refractivity contribution in [3.05, 3.63) is 53.6 Å². The van der Waals surface area contributed by atoms with Gasteiger partial charge >= 0.3 is 0 Å². The van der Waals surface area contributed by atoms with Crippen molar-refractivity contribution in [1.29, 1.82) is 0 Å². The van der Waals surface area contributed by atoms with E-state index in [2.05, 4.69) is 5.32 Å². The number of amides is 1. The molecule has 19 heavy (non-hydrogen) atoms. The van der Waals surface area contributed by atoms with Crippen LogP contribution in [0.5, 0.6) is 11.5 Å². The highest BCUT2D eigenvalue weighted by Crippen LogP contribution is 2.20. The molecular formula is C15H15NO3. The molecule has 0 aliphatic carbocycles. The summed E-state index contributed by atoms with van der Waals surface area (Å²) in [6.45, 7) is 1.92. The molecule has 0 radical (unpaired) electrons. The van der Waals surface area contributed by atoms with Crippen molar-refractivity contribution in [3.63, 3.8) is 0 Å². The van der Waals surface area contributed by atoms with Crippen LogP contribution in [-0.4, -0.2) is 18.1 Å². The lowest BCUT2D eigenvalue weighted by Gasteiger charge is -2.08. The number of phenolic OH excluding ortho intramolecular Hbond substituents is 1. The van der Waals surface area contributed by atoms with E-state index in [0.717, 1.165) is 5.56 Å². The third-order valence-corrected chi connectivity index (χ3v) is 2.80. The predicted molar refractivity (Wildman–Crippen MR) is 73.8 cm³/mol. The molecule has 2 N–H and O–H groups in total. The zero-order valence-corrected chi connectivity index (χ0v) is 10.8. The predicted octanol–water partition coefficient (Wildman–Crippen LogP) is 2.96. The Labute approximate surface area is 111 Å². The van der Waals surface area contributed by atoms with Crippen molar-refractivity contribution in [2.24, 2.45) is 0 Å². The number of hydrogen-bond donors (Lipinski definition) is 2. The molecule has 0 aromatic heterocycles. The minimum Gasteiger partial charge on any atom is -0.508 e. The van der Waals surface area contributed by atoms with Gasteiger partial charge in [-0.05, 0) is 48.9 Å². The van der Waals surface area contributed by atoms with E-state index in [1.54, 1.807) is 31.4 Å². The molecule has 0 aliphatic heterocycles. The van der Waals surface area contributed by atoms with Gasteiger partial charge in [0.05, 0.1) is 7.11 Å². The molecule has 4 heteroatoms. The summed E-state index contributed by atoms with van der Waals surface area (Å²) in [5.74, 6) is 0.623. The molecule has 2 aromatic carbocycles. The minimum absolute atomic E-state index is 0.162. The lowest BCUT2D eigenvalue weighted by molar-refractivity contribution is 0.102. The Morgan fingerprint density at radius 2 is 1.84 bits per heavy atom. The normalized spacial score (nSPS) is 10.0. The summed E-state index contributed by atoms with van der Waals surface area (Å²) in [4.78, 5) is 12.0. The number of carbonyl (C=O) groups is 1. The highest BCUT2D eigenvalue weighted by Gasteiger charge is 2.08. The van der Waals surface area contributed by atoms with E-state index in [1.807, 2.05) is 13.0 Å². The molecule has 0 atom stereocenters. The first-order chi connectivity index (χ1) is 9.10. The monoisotopic (exact) mass is 257 g/mol. The molecule has 0 aliphatic rings. The second kappa shape index (κ2) is 5.44. The maximum absolute atomic E-state index is 12.0. The van der Waals surface area contributed by atoms with Crippen molar-refractivity contribution >= 4 is 11.6 Å². The highest BCUT2D eigenvalue weighted by molar-refractivity contribution is 6.04. The van der Waals surface area contributed by atoms with Gasteiger partial charge in [-0.15, -0.1) is 0 Å². The number of ether oxygens (including phenoxy) is 1. The van der Waals surface area contributed by atoms with Gasteiger partial charge in [-0.25, -0.2) is 0 Å². The Bertz CT molecular complexity index is 591. The van der Waals surface area contributed by atoms with Gasteiger partial charge in [0.1, 0.15) is 11.5 Å². The third kappa shape index (κ3) is 3.04. The summed E-state index contributed by atoms with van der Waals surface area (Å²) in [7, 11) is 1.57. The molecule has 0 saturated heterocycles. The molecule has 0 spiro atoms. The summed E-state index contributed by atoms with van der Waals surface area (Å²) in [5, 5.41) is 11.9. The van der Waals surface area contributed by atoms with Gasteiger partial charge in [0, 0.05) is 11.3 Å². The van der Waals surface area contributed by atoms with Crippen LogP contribution in [0.3, 0.4) is 0 Å². The molecule has 0 saturated carbocycles. The van der Waals surface area contributed by atoms with Crippen LogP contribution in [0.25, 0.3) is 0 Å². The molecule has 0 unspecified atom stereocenters. The maximum atomic E-state index is 12.0. The van der Waals surface area contributed by atoms with E-state index in [4.69, 9.17) is 4.74 Å². The molecule has 98 valence electrons. The summed E-state index contributed by atoms with van der Waals surface area (Å²) in [5.41, 5.74) is 2.13. The van der Waals surface area contributed by atoms with Gasteiger partial charge in [0.2, 0.25) is 0 Å². The van der Waals surface area contributed by atoms with E-state index in [-0.39, 0.29) is 11.7 Å². The quantitative estimate of drug-likeness (QED) is 0.831. The summed E-state index contributed by atoms with van der Waals surface area (Å²) >= 11 is 0. The third-order valence-electron chi connectivity index (χ3n) is 2.80. The summed E-state index contributed by atoms with van der Waals surface area (Å²) in [6.07, 6.45) is 0. The van der Waals surface area contributed by atoms with Crippen LogP contribution in [0.1, 0.15) is 15.9 Å².